The summed E-state index contributed by atoms with van der Waals surface area (Å²) in [5.41, 5.74) is -0.881. The van der Waals surface area contributed by atoms with Gasteiger partial charge < -0.3 is 4.74 Å². The number of ether oxygens (including phenoxy) is 1. The molecule has 1 aliphatic heterocycles. The van der Waals surface area contributed by atoms with E-state index in [0.717, 1.165) is 30.4 Å². The van der Waals surface area contributed by atoms with Gasteiger partial charge in [-0.05, 0) is 26.2 Å². The molecule has 0 radical (unpaired) electrons. The van der Waals surface area contributed by atoms with E-state index < -0.39 is 11.2 Å². The molecule has 6 nitrogen and oxygen atoms in total. The van der Waals surface area contributed by atoms with Gasteiger partial charge in [-0.3, -0.25) is 18.7 Å². The summed E-state index contributed by atoms with van der Waals surface area (Å²) in [5.74, 6) is -0.327. The summed E-state index contributed by atoms with van der Waals surface area (Å²) in [6, 6.07) is 0. The van der Waals surface area contributed by atoms with E-state index in [0.29, 0.717) is 6.54 Å². The van der Waals surface area contributed by atoms with Gasteiger partial charge in [-0.25, -0.2) is 4.79 Å². The van der Waals surface area contributed by atoms with E-state index in [4.69, 9.17) is 4.74 Å². The van der Waals surface area contributed by atoms with Crippen molar-refractivity contribution in [2.45, 2.75) is 38.8 Å². The molecule has 0 spiro atoms. The fraction of sp³-hybridized carbons (Fsp3) is 0.615. The molecule has 1 aliphatic rings. The molecule has 0 N–H and O–H groups in total. The van der Waals surface area contributed by atoms with Gasteiger partial charge in [0.15, 0.2) is 5.78 Å². The number of ketones is 1. The van der Waals surface area contributed by atoms with Crippen molar-refractivity contribution in [1.29, 1.82) is 0 Å². The van der Waals surface area contributed by atoms with Gasteiger partial charge in [0.2, 0.25) is 0 Å². The highest BCUT2D eigenvalue weighted by molar-refractivity contribution is 5.93. The largest absolute Gasteiger partial charge is 0.378 e. The zero-order chi connectivity index (χ0) is 14.0. The monoisotopic (exact) mass is 266 g/mol. The quantitative estimate of drug-likeness (QED) is 0.736. The predicted molar refractivity (Wildman–Crippen MR) is 69.5 cm³/mol. The molecule has 2 heterocycles. The number of hydrogen-bond donors (Lipinski definition) is 0. The maximum atomic E-state index is 11.9. The molecule has 19 heavy (non-hydrogen) atoms. The number of rotatable bonds is 4. The van der Waals surface area contributed by atoms with Crippen molar-refractivity contribution < 1.29 is 9.53 Å². The van der Waals surface area contributed by atoms with Gasteiger partial charge in [0, 0.05) is 26.4 Å². The fourth-order valence-corrected chi connectivity index (χ4v) is 2.28. The van der Waals surface area contributed by atoms with Crippen LogP contribution in [0.25, 0.3) is 0 Å². The Kier molecular flexibility index (Phi) is 3.99. The lowest BCUT2D eigenvalue weighted by atomic mass is 10.2. The molecule has 1 unspecified atom stereocenters. The van der Waals surface area contributed by atoms with Gasteiger partial charge >= 0.3 is 5.69 Å². The predicted octanol–water partition coefficient (Wildman–Crippen LogP) is 0.319. The normalized spacial score (nSPS) is 18.7. The van der Waals surface area contributed by atoms with Crippen LogP contribution in [0, 0.1) is 0 Å². The minimum absolute atomic E-state index is 0.0504. The van der Waals surface area contributed by atoms with Crippen LogP contribution in [0.2, 0.25) is 0 Å². The summed E-state index contributed by atoms with van der Waals surface area (Å²) < 4.78 is 7.89. The lowest BCUT2D eigenvalue weighted by molar-refractivity contribution is 0.0994. The second kappa shape index (κ2) is 5.52. The summed E-state index contributed by atoms with van der Waals surface area (Å²) in [6.07, 6.45) is 4.30. The molecule has 1 aromatic rings. The van der Waals surface area contributed by atoms with E-state index >= 15 is 0 Å². The van der Waals surface area contributed by atoms with Crippen molar-refractivity contribution in [1.82, 2.24) is 9.13 Å². The maximum Gasteiger partial charge on any atom is 0.330 e. The van der Waals surface area contributed by atoms with Crippen LogP contribution in [-0.2, 0) is 18.3 Å². The van der Waals surface area contributed by atoms with E-state index in [-0.39, 0.29) is 17.5 Å². The highest BCUT2D eigenvalue weighted by Crippen LogP contribution is 2.15. The molecule has 0 aromatic carbocycles. The molecule has 0 aliphatic carbocycles. The van der Waals surface area contributed by atoms with Crippen LogP contribution in [0.15, 0.2) is 15.8 Å². The Morgan fingerprint density at radius 1 is 1.47 bits per heavy atom. The topological polar surface area (TPSA) is 70.3 Å². The lowest BCUT2D eigenvalue weighted by Crippen LogP contribution is -2.40. The molecule has 6 heteroatoms. The number of aromatic nitrogens is 2. The number of nitrogens with zero attached hydrogens (tertiary/aromatic N) is 2. The molecule has 1 fully saturated rings. The number of carbonyl (C=O) groups excluding carboxylic acids is 1. The van der Waals surface area contributed by atoms with Gasteiger partial charge in [0.25, 0.3) is 5.56 Å². The molecular formula is C13H18N2O4. The van der Waals surface area contributed by atoms with E-state index in [2.05, 4.69) is 0 Å². The molecule has 1 aromatic heterocycles. The molecule has 1 atom stereocenters. The fourth-order valence-electron chi connectivity index (χ4n) is 2.28. The lowest BCUT2D eigenvalue weighted by Gasteiger charge is -2.12. The van der Waals surface area contributed by atoms with Gasteiger partial charge in [-0.15, -0.1) is 0 Å². The average molecular weight is 266 g/mol. The third kappa shape index (κ3) is 2.84. The van der Waals surface area contributed by atoms with Gasteiger partial charge in [-0.2, -0.15) is 0 Å². The Bertz CT molecular complexity index is 594. The second-order valence-corrected chi connectivity index (χ2v) is 4.86. The summed E-state index contributed by atoms with van der Waals surface area (Å²) in [4.78, 5) is 35.1. The number of aryl methyl sites for hydroxylation is 1. The van der Waals surface area contributed by atoms with Crippen LogP contribution in [0.5, 0.6) is 0 Å². The van der Waals surface area contributed by atoms with Gasteiger partial charge in [0.1, 0.15) is 0 Å². The molecule has 0 amide bonds. The smallest absolute Gasteiger partial charge is 0.330 e. The van der Waals surface area contributed by atoms with Crippen molar-refractivity contribution in [3.05, 3.63) is 32.6 Å². The highest BCUT2D eigenvalue weighted by atomic mass is 16.5. The zero-order valence-corrected chi connectivity index (χ0v) is 11.2. The molecule has 0 saturated carbocycles. The Hall–Kier alpha value is -1.69. The Labute approximate surface area is 110 Å². The van der Waals surface area contributed by atoms with Crippen LogP contribution in [0.3, 0.4) is 0 Å². The van der Waals surface area contributed by atoms with E-state index in [1.807, 2.05) is 0 Å². The van der Waals surface area contributed by atoms with Crippen molar-refractivity contribution in [3.8, 4) is 0 Å². The molecule has 2 rings (SSSR count). The van der Waals surface area contributed by atoms with E-state index in [1.165, 1.54) is 24.7 Å². The second-order valence-electron chi connectivity index (χ2n) is 4.86. The Morgan fingerprint density at radius 3 is 2.79 bits per heavy atom. The van der Waals surface area contributed by atoms with Crippen LogP contribution in [-0.4, -0.2) is 27.6 Å². The van der Waals surface area contributed by atoms with E-state index in [9.17, 15) is 14.4 Å². The first-order chi connectivity index (χ1) is 9.00. The third-order valence-corrected chi connectivity index (χ3v) is 3.45. The number of hydrogen-bond acceptors (Lipinski definition) is 4. The SMILES string of the molecule is CC(=O)c1cn(CCC2CCCO2)c(=O)n(C)c1=O. The van der Waals surface area contributed by atoms with Gasteiger partial charge in [-0.1, -0.05) is 0 Å². The van der Waals surface area contributed by atoms with Gasteiger partial charge in [0.05, 0.1) is 11.7 Å². The first kappa shape index (κ1) is 13.7. The van der Waals surface area contributed by atoms with Crippen LogP contribution >= 0.6 is 0 Å². The molecular weight excluding hydrogens is 248 g/mol. The van der Waals surface area contributed by atoms with Crippen molar-refractivity contribution in [3.63, 3.8) is 0 Å². The summed E-state index contributed by atoms with van der Waals surface area (Å²) in [7, 11) is 1.39. The standard InChI is InChI=1S/C13H18N2O4/c1-9(16)11-8-15(13(18)14(2)12(11)17)6-5-10-4-3-7-19-10/h8,10H,3-7H2,1-2H3. The van der Waals surface area contributed by atoms with Crippen LogP contribution < -0.4 is 11.2 Å². The van der Waals surface area contributed by atoms with Crippen molar-refractivity contribution in [2.75, 3.05) is 6.61 Å². The highest BCUT2D eigenvalue weighted by Gasteiger charge is 2.17. The molecule has 1 saturated heterocycles. The Balaban J connectivity index is 2.26. The Morgan fingerprint density at radius 2 is 2.21 bits per heavy atom. The van der Waals surface area contributed by atoms with E-state index in [1.54, 1.807) is 0 Å². The minimum Gasteiger partial charge on any atom is -0.378 e. The summed E-state index contributed by atoms with van der Waals surface area (Å²) in [5, 5.41) is 0. The molecule has 104 valence electrons. The average Bonchev–Trinajstić information content (AvgIpc) is 2.88. The maximum absolute atomic E-state index is 11.9. The van der Waals surface area contributed by atoms with Crippen molar-refractivity contribution >= 4 is 5.78 Å². The van der Waals surface area contributed by atoms with Crippen molar-refractivity contribution in [2.24, 2.45) is 7.05 Å². The summed E-state index contributed by atoms with van der Waals surface area (Å²) in [6.45, 7) is 2.55. The van der Waals surface area contributed by atoms with Crippen LogP contribution in [0.4, 0.5) is 0 Å². The summed E-state index contributed by atoms with van der Waals surface area (Å²) >= 11 is 0. The minimum atomic E-state index is -0.536. The number of carbonyl (C=O) groups is 1. The zero-order valence-electron chi connectivity index (χ0n) is 11.2. The van der Waals surface area contributed by atoms with Crippen LogP contribution in [0.1, 0.15) is 36.5 Å². The number of Topliss-reactive ketones (excluding diaryl/α,β-unsaturated/α-hetero) is 1. The molecule has 0 bridgehead atoms. The first-order valence-corrected chi connectivity index (χ1v) is 6.43. The third-order valence-electron chi connectivity index (χ3n) is 3.45. The first-order valence-electron chi connectivity index (χ1n) is 6.43.